The van der Waals surface area contributed by atoms with Crippen molar-refractivity contribution in [1.82, 2.24) is 0 Å². The van der Waals surface area contributed by atoms with E-state index in [4.69, 9.17) is 5.73 Å². The van der Waals surface area contributed by atoms with E-state index in [0.717, 1.165) is 21.5 Å². The maximum atomic E-state index is 5.68. The van der Waals surface area contributed by atoms with Gasteiger partial charge in [0, 0.05) is 15.8 Å². The van der Waals surface area contributed by atoms with Gasteiger partial charge in [0.25, 0.3) is 0 Å². The number of nitrogens with one attached hydrogen (secondary N) is 1. The Bertz CT molecular complexity index is 492. The van der Waals surface area contributed by atoms with Crippen molar-refractivity contribution in [1.29, 1.82) is 0 Å². The van der Waals surface area contributed by atoms with Crippen LogP contribution in [0.25, 0.3) is 0 Å². The molecule has 0 aliphatic heterocycles. The first kappa shape index (κ1) is 11.0. The highest BCUT2D eigenvalue weighted by Gasteiger charge is 2.00. The summed E-state index contributed by atoms with van der Waals surface area (Å²) in [6.07, 6.45) is 0. The Kier molecular flexibility index (Phi) is 3.15. The van der Waals surface area contributed by atoms with E-state index >= 15 is 0 Å². The number of anilines is 3. The summed E-state index contributed by atoms with van der Waals surface area (Å²) < 4.78 is 0.966. The van der Waals surface area contributed by atoms with Crippen LogP contribution in [0.15, 0.2) is 46.9 Å². The Morgan fingerprint density at radius 3 is 2.38 bits per heavy atom. The first-order chi connectivity index (χ1) is 7.65. The van der Waals surface area contributed by atoms with E-state index < -0.39 is 0 Å². The predicted molar refractivity (Wildman–Crippen MR) is 73.0 cm³/mol. The van der Waals surface area contributed by atoms with Gasteiger partial charge in [-0.2, -0.15) is 0 Å². The minimum Gasteiger partial charge on any atom is -0.399 e. The molecule has 2 aromatic rings. The van der Waals surface area contributed by atoms with Crippen molar-refractivity contribution in [3.05, 3.63) is 52.5 Å². The van der Waals surface area contributed by atoms with Crippen molar-refractivity contribution in [3.63, 3.8) is 0 Å². The first-order valence-electron chi connectivity index (χ1n) is 5.04. The Balaban J connectivity index is 2.23. The van der Waals surface area contributed by atoms with Crippen LogP contribution in [0.1, 0.15) is 5.56 Å². The number of nitrogens with two attached hydrogens (primary N) is 1. The lowest BCUT2D eigenvalue weighted by Crippen LogP contribution is -1.92. The Labute approximate surface area is 104 Å². The van der Waals surface area contributed by atoms with Crippen molar-refractivity contribution in [2.75, 3.05) is 11.1 Å². The minimum atomic E-state index is 0.751. The molecule has 3 N–H and O–H groups in total. The summed E-state index contributed by atoms with van der Waals surface area (Å²) in [4.78, 5) is 0. The number of nitrogen functional groups attached to an aromatic ring is 1. The van der Waals surface area contributed by atoms with Gasteiger partial charge in [0.15, 0.2) is 0 Å². The molecule has 0 unspecified atom stereocenters. The number of halogens is 1. The smallest absolute Gasteiger partial charge is 0.0530 e. The largest absolute Gasteiger partial charge is 0.399 e. The fraction of sp³-hybridized carbons (Fsp3) is 0.0769. The molecule has 0 spiro atoms. The van der Waals surface area contributed by atoms with Crippen LogP contribution in [-0.2, 0) is 0 Å². The molecule has 0 atom stereocenters. The summed E-state index contributed by atoms with van der Waals surface area (Å²) >= 11 is 3.48. The van der Waals surface area contributed by atoms with Crippen molar-refractivity contribution in [2.24, 2.45) is 0 Å². The molecule has 0 saturated carbocycles. The van der Waals surface area contributed by atoms with Gasteiger partial charge in [-0.05, 0) is 53.2 Å². The van der Waals surface area contributed by atoms with Gasteiger partial charge in [0.1, 0.15) is 0 Å². The van der Waals surface area contributed by atoms with Crippen LogP contribution in [0, 0.1) is 6.92 Å². The van der Waals surface area contributed by atoms with E-state index in [1.807, 2.05) is 18.2 Å². The average Bonchev–Trinajstić information content (AvgIpc) is 2.25. The second-order valence-electron chi connectivity index (χ2n) is 3.73. The first-order valence-corrected chi connectivity index (χ1v) is 5.83. The van der Waals surface area contributed by atoms with Crippen molar-refractivity contribution in [2.45, 2.75) is 6.92 Å². The second kappa shape index (κ2) is 4.58. The summed E-state index contributed by atoms with van der Waals surface area (Å²) in [5.41, 5.74) is 9.76. The maximum absolute atomic E-state index is 5.68. The number of hydrogen-bond acceptors (Lipinski definition) is 2. The molecule has 16 heavy (non-hydrogen) atoms. The van der Waals surface area contributed by atoms with Crippen LogP contribution in [-0.4, -0.2) is 0 Å². The lowest BCUT2D eigenvalue weighted by atomic mass is 10.2. The molecule has 0 radical (unpaired) electrons. The van der Waals surface area contributed by atoms with Gasteiger partial charge in [-0.1, -0.05) is 17.7 Å². The van der Waals surface area contributed by atoms with Crippen molar-refractivity contribution < 1.29 is 0 Å². The normalized spacial score (nSPS) is 10.1. The quantitative estimate of drug-likeness (QED) is 0.811. The van der Waals surface area contributed by atoms with Gasteiger partial charge < -0.3 is 11.1 Å². The summed E-state index contributed by atoms with van der Waals surface area (Å²) in [6, 6.07) is 14.0. The van der Waals surface area contributed by atoms with Crippen LogP contribution >= 0.6 is 15.9 Å². The van der Waals surface area contributed by atoms with Crippen molar-refractivity contribution in [3.8, 4) is 0 Å². The van der Waals surface area contributed by atoms with Gasteiger partial charge in [0.05, 0.1) is 5.69 Å². The molecule has 0 heterocycles. The molecular weight excluding hydrogens is 264 g/mol. The second-order valence-corrected chi connectivity index (χ2v) is 4.58. The maximum Gasteiger partial charge on any atom is 0.0530 e. The molecule has 2 aromatic carbocycles. The van der Waals surface area contributed by atoms with E-state index in [1.165, 1.54) is 5.56 Å². The van der Waals surface area contributed by atoms with Gasteiger partial charge >= 0.3 is 0 Å². The van der Waals surface area contributed by atoms with Gasteiger partial charge in [-0.3, -0.25) is 0 Å². The molecule has 0 bridgehead atoms. The predicted octanol–water partition coefficient (Wildman–Crippen LogP) is 4.08. The summed E-state index contributed by atoms with van der Waals surface area (Å²) in [6.45, 7) is 2.07. The van der Waals surface area contributed by atoms with E-state index in [2.05, 4.69) is 52.4 Å². The zero-order valence-corrected chi connectivity index (χ0v) is 10.6. The third-order valence-corrected chi connectivity index (χ3v) is 2.98. The molecule has 0 aromatic heterocycles. The lowest BCUT2D eigenvalue weighted by Gasteiger charge is -2.09. The van der Waals surface area contributed by atoms with Crippen molar-refractivity contribution >= 4 is 33.0 Å². The molecule has 2 rings (SSSR count). The van der Waals surface area contributed by atoms with Gasteiger partial charge in [0.2, 0.25) is 0 Å². The Morgan fingerprint density at radius 2 is 1.75 bits per heavy atom. The molecule has 82 valence electrons. The van der Waals surface area contributed by atoms with Gasteiger partial charge in [-0.25, -0.2) is 0 Å². The Hall–Kier alpha value is -1.48. The molecule has 2 nitrogen and oxygen atoms in total. The molecular formula is C13H13BrN2. The highest BCUT2D eigenvalue weighted by atomic mass is 79.9. The molecule has 0 aliphatic rings. The molecule has 0 saturated heterocycles. The number of hydrogen-bond donors (Lipinski definition) is 2. The van der Waals surface area contributed by atoms with E-state index in [0.29, 0.717) is 0 Å². The van der Waals surface area contributed by atoms with Crippen LogP contribution in [0.3, 0.4) is 0 Å². The Morgan fingerprint density at radius 1 is 1.06 bits per heavy atom. The van der Waals surface area contributed by atoms with Crippen LogP contribution in [0.5, 0.6) is 0 Å². The topological polar surface area (TPSA) is 38.0 Å². The zero-order valence-electron chi connectivity index (χ0n) is 9.00. The summed E-state index contributed by atoms with van der Waals surface area (Å²) in [5.74, 6) is 0. The fourth-order valence-corrected chi connectivity index (χ4v) is 1.92. The molecule has 0 aliphatic carbocycles. The standard InChI is InChI=1S/C13H13BrN2/c1-9-2-5-11(6-3-9)16-13-7-4-10(15)8-12(13)14/h2-8,16H,15H2,1H3. The van der Waals surface area contributed by atoms with Crippen LogP contribution < -0.4 is 11.1 Å². The third-order valence-electron chi connectivity index (χ3n) is 2.32. The van der Waals surface area contributed by atoms with E-state index in [1.54, 1.807) is 0 Å². The lowest BCUT2D eigenvalue weighted by molar-refractivity contribution is 1.45. The summed E-state index contributed by atoms with van der Waals surface area (Å²) in [5, 5.41) is 3.32. The fourth-order valence-electron chi connectivity index (χ4n) is 1.43. The monoisotopic (exact) mass is 276 g/mol. The van der Waals surface area contributed by atoms with Gasteiger partial charge in [-0.15, -0.1) is 0 Å². The highest BCUT2D eigenvalue weighted by Crippen LogP contribution is 2.27. The average molecular weight is 277 g/mol. The zero-order chi connectivity index (χ0) is 11.5. The van der Waals surface area contributed by atoms with E-state index in [-0.39, 0.29) is 0 Å². The number of rotatable bonds is 2. The number of aryl methyl sites for hydroxylation is 1. The molecule has 0 fully saturated rings. The molecule has 0 amide bonds. The molecule has 3 heteroatoms. The van der Waals surface area contributed by atoms with Crippen LogP contribution in [0.4, 0.5) is 17.1 Å². The van der Waals surface area contributed by atoms with Crippen LogP contribution in [0.2, 0.25) is 0 Å². The highest BCUT2D eigenvalue weighted by molar-refractivity contribution is 9.10. The summed E-state index contributed by atoms with van der Waals surface area (Å²) in [7, 11) is 0. The SMILES string of the molecule is Cc1ccc(Nc2ccc(N)cc2Br)cc1. The van der Waals surface area contributed by atoms with E-state index in [9.17, 15) is 0 Å². The minimum absolute atomic E-state index is 0.751. The number of benzene rings is 2. The third kappa shape index (κ3) is 2.55.